The highest BCUT2D eigenvalue weighted by molar-refractivity contribution is 7.90. The van der Waals surface area contributed by atoms with Gasteiger partial charge in [-0.1, -0.05) is 0 Å². The molecule has 5 nitrogen and oxygen atoms in total. The van der Waals surface area contributed by atoms with Gasteiger partial charge in [-0.15, -0.1) is 0 Å². The lowest BCUT2D eigenvalue weighted by Crippen LogP contribution is -1.98. The Balaban J connectivity index is 2.16. The number of nitrogens with one attached hydrogen (secondary N) is 1. The van der Waals surface area contributed by atoms with Gasteiger partial charge in [0.25, 0.3) is 0 Å². The third-order valence-electron chi connectivity index (χ3n) is 2.58. The Morgan fingerprint density at radius 1 is 1.15 bits per heavy atom. The first kappa shape index (κ1) is 14.3. The van der Waals surface area contributed by atoms with Crippen LogP contribution in [-0.2, 0) is 9.84 Å². The van der Waals surface area contributed by atoms with Gasteiger partial charge in [0.05, 0.1) is 23.0 Å². The van der Waals surface area contributed by atoms with E-state index in [1.807, 2.05) is 13.0 Å². The molecule has 1 N–H and O–H groups in total. The van der Waals surface area contributed by atoms with Crippen molar-refractivity contribution in [2.45, 2.75) is 11.8 Å². The van der Waals surface area contributed by atoms with Gasteiger partial charge in [0.15, 0.2) is 9.84 Å². The van der Waals surface area contributed by atoms with E-state index >= 15 is 0 Å². The lowest BCUT2D eigenvalue weighted by molar-refractivity contribution is 0.480. The molecule has 0 spiro atoms. The van der Waals surface area contributed by atoms with E-state index in [-0.39, 0.29) is 4.90 Å². The normalized spacial score (nSPS) is 11.1. The summed E-state index contributed by atoms with van der Waals surface area (Å²) in [6, 6.07) is 8.12. The molecule has 0 atom stereocenters. The molecule has 106 valence electrons. The SMILES string of the molecule is CCNc1cncc(Oc2ccc(S(C)(=O)=O)cc2)c1. The maximum absolute atomic E-state index is 11.4. The Kier molecular flexibility index (Phi) is 4.24. The van der Waals surface area contributed by atoms with E-state index in [2.05, 4.69) is 10.3 Å². The summed E-state index contributed by atoms with van der Waals surface area (Å²) < 4.78 is 28.4. The Morgan fingerprint density at radius 2 is 1.85 bits per heavy atom. The number of nitrogens with zero attached hydrogens (tertiary/aromatic N) is 1. The molecule has 0 aliphatic heterocycles. The molecule has 0 fully saturated rings. The van der Waals surface area contributed by atoms with Crippen LogP contribution in [0.3, 0.4) is 0 Å². The van der Waals surface area contributed by atoms with Crippen LogP contribution in [0.4, 0.5) is 5.69 Å². The van der Waals surface area contributed by atoms with Gasteiger partial charge in [-0.05, 0) is 31.2 Å². The summed E-state index contributed by atoms with van der Waals surface area (Å²) in [5, 5.41) is 3.14. The maximum Gasteiger partial charge on any atom is 0.175 e. The molecule has 0 saturated heterocycles. The molecule has 0 aliphatic carbocycles. The highest BCUT2D eigenvalue weighted by Gasteiger charge is 2.07. The van der Waals surface area contributed by atoms with Crippen molar-refractivity contribution in [3.05, 3.63) is 42.7 Å². The standard InChI is InChI=1S/C14H16N2O3S/c1-3-16-11-8-13(10-15-9-11)19-12-4-6-14(7-5-12)20(2,17)18/h4-10,16H,3H2,1-2H3. The lowest BCUT2D eigenvalue weighted by atomic mass is 10.3. The molecule has 2 aromatic rings. The van der Waals surface area contributed by atoms with Crippen molar-refractivity contribution >= 4 is 15.5 Å². The molecule has 1 aromatic carbocycles. The van der Waals surface area contributed by atoms with Crippen LogP contribution in [-0.4, -0.2) is 26.2 Å². The number of aromatic nitrogens is 1. The fraction of sp³-hybridized carbons (Fsp3) is 0.214. The van der Waals surface area contributed by atoms with E-state index in [0.717, 1.165) is 12.2 Å². The van der Waals surface area contributed by atoms with Crippen molar-refractivity contribution in [3.8, 4) is 11.5 Å². The largest absolute Gasteiger partial charge is 0.456 e. The van der Waals surface area contributed by atoms with E-state index in [0.29, 0.717) is 11.5 Å². The van der Waals surface area contributed by atoms with Crippen molar-refractivity contribution in [1.29, 1.82) is 0 Å². The molecule has 6 heteroatoms. The number of hydrogen-bond donors (Lipinski definition) is 1. The minimum absolute atomic E-state index is 0.268. The average molecular weight is 292 g/mol. The van der Waals surface area contributed by atoms with E-state index in [9.17, 15) is 8.42 Å². The second-order valence-corrected chi connectivity index (χ2v) is 6.30. The van der Waals surface area contributed by atoms with E-state index in [1.54, 1.807) is 24.5 Å². The molecule has 2 rings (SSSR count). The second kappa shape index (κ2) is 5.92. The first-order valence-electron chi connectivity index (χ1n) is 6.16. The third kappa shape index (κ3) is 3.71. The molecule has 0 unspecified atom stereocenters. The number of ether oxygens (including phenoxy) is 1. The molecular formula is C14H16N2O3S. The number of hydrogen-bond acceptors (Lipinski definition) is 5. The molecule has 20 heavy (non-hydrogen) atoms. The average Bonchev–Trinajstić information content (AvgIpc) is 2.39. The Hall–Kier alpha value is -2.08. The van der Waals surface area contributed by atoms with Crippen LogP contribution in [0.1, 0.15) is 6.92 Å². The summed E-state index contributed by atoms with van der Waals surface area (Å²) >= 11 is 0. The van der Waals surface area contributed by atoms with Crippen LogP contribution in [0.25, 0.3) is 0 Å². The topological polar surface area (TPSA) is 68.3 Å². The predicted octanol–water partition coefficient (Wildman–Crippen LogP) is 2.71. The summed E-state index contributed by atoms with van der Waals surface area (Å²) in [5.74, 6) is 1.16. The van der Waals surface area contributed by atoms with Crippen LogP contribution in [0.5, 0.6) is 11.5 Å². The zero-order valence-corrected chi connectivity index (χ0v) is 12.1. The number of rotatable bonds is 5. The van der Waals surface area contributed by atoms with Gasteiger partial charge in [0, 0.05) is 18.9 Å². The Bertz CT molecular complexity index is 682. The molecule has 0 saturated carbocycles. The van der Waals surface area contributed by atoms with Crippen LogP contribution in [0.2, 0.25) is 0 Å². The minimum atomic E-state index is -3.18. The molecule has 0 aliphatic rings. The Labute approximate surface area is 118 Å². The van der Waals surface area contributed by atoms with Crippen LogP contribution < -0.4 is 10.1 Å². The van der Waals surface area contributed by atoms with Crippen molar-refractivity contribution in [1.82, 2.24) is 4.98 Å². The van der Waals surface area contributed by atoms with Crippen molar-refractivity contribution < 1.29 is 13.2 Å². The zero-order chi connectivity index (χ0) is 14.6. The monoisotopic (exact) mass is 292 g/mol. The quantitative estimate of drug-likeness (QED) is 0.917. The molecular weight excluding hydrogens is 276 g/mol. The van der Waals surface area contributed by atoms with E-state index in [1.165, 1.54) is 18.4 Å². The number of sulfone groups is 1. The summed E-state index contributed by atoms with van der Waals surface area (Å²) in [5.41, 5.74) is 0.873. The smallest absolute Gasteiger partial charge is 0.175 e. The highest BCUT2D eigenvalue weighted by Crippen LogP contribution is 2.24. The maximum atomic E-state index is 11.4. The molecule has 1 heterocycles. The van der Waals surface area contributed by atoms with Gasteiger partial charge < -0.3 is 10.1 Å². The van der Waals surface area contributed by atoms with Gasteiger partial charge in [0.2, 0.25) is 0 Å². The molecule has 0 radical (unpaired) electrons. The molecule has 0 bridgehead atoms. The Morgan fingerprint density at radius 3 is 2.45 bits per heavy atom. The minimum Gasteiger partial charge on any atom is -0.456 e. The lowest BCUT2D eigenvalue weighted by Gasteiger charge is -2.08. The summed E-state index contributed by atoms with van der Waals surface area (Å²) in [4.78, 5) is 4.34. The van der Waals surface area contributed by atoms with Gasteiger partial charge in [-0.2, -0.15) is 0 Å². The summed E-state index contributed by atoms with van der Waals surface area (Å²) in [6.45, 7) is 2.80. The van der Waals surface area contributed by atoms with Crippen LogP contribution >= 0.6 is 0 Å². The highest BCUT2D eigenvalue weighted by atomic mass is 32.2. The molecule has 1 aromatic heterocycles. The van der Waals surface area contributed by atoms with Gasteiger partial charge in [-0.3, -0.25) is 4.98 Å². The predicted molar refractivity (Wildman–Crippen MR) is 78.0 cm³/mol. The van der Waals surface area contributed by atoms with Crippen LogP contribution in [0, 0.1) is 0 Å². The van der Waals surface area contributed by atoms with E-state index < -0.39 is 9.84 Å². The van der Waals surface area contributed by atoms with Crippen molar-refractivity contribution in [2.24, 2.45) is 0 Å². The van der Waals surface area contributed by atoms with Crippen LogP contribution in [0.15, 0.2) is 47.6 Å². The van der Waals surface area contributed by atoms with Gasteiger partial charge >= 0.3 is 0 Å². The summed E-state index contributed by atoms with van der Waals surface area (Å²) in [7, 11) is -3.18. The van der Waals surface area contributed by atoms with E-state index in [4.69, 9.17) is 4.74 Å². The summed E-state index contributed by atoms with van der Waals surface area (Å²) in [6.07, 6.45) is 4.49. The number of anilines is 1. The van der Waals surface area contributed by atoms with Gasteiger partial charge in [0.1, 0.15) is 11.5 Å². The number of benzene rings is 1. The fourth-order valence-corrected chi connectivity index (χ4v) is 2.30. The fourth-order valence-electron chi connectivity index (χ4n) is 1.67. The second-order valence-electron chi connectivity index (χ2n) is 4.29. The first-order chi connectivity index (χ1) is 9.49. The van der Waals surface area contributed by atoms with Crippen molar-refractivity contribution in [3.63, 3.8) is 0 Å². The third-order valence-corrected chi connectivity index (χ3v) is 3.71. The zero-order valence-electron chi connectivity index (χ0n) is 11.3. The molecule has 0 amide bonds. The number of pyridine rings is 1. The van der Waals surface area contributed by atoms with Crippen molar-refractivity contribution in [2.75, 3.05) is 18.1 Å². The van der Waals surface area contributed by atoms with Gasteiger partial charge in [-0.25, -0.2) is 8.42 Å². The first-order valence-corrected chi connectivity index (χ1v) is 8.05.